The molecule has 0 saturated heterocycles. The molecule has 0 radical (unpaired) electrons. The number of nitrogens with zero attached hydrogens (tertiary/aromatic N) is 2. The monoisotopic (exact) mass is 286 g/mol. The Balaban J connectivity index is 2.27. The van der Waals surface area contributed by atoms with Crippen molar-refractivity contribution >= 4 is 23.0 Å². The van der Waals surface area contributed by atoms with Gasteiger partial charge in [-0.15, -0.1) is 0 Å². The smallest absolute Gasteiger partial charge is 0.293 e. The molecule has 2 N–H and O–H groups in total. The summed E-state index contributed by atoms with van der Waals surface area (Å²) in [4.78, 5) is 26.5. The van der Waals surface area contributed by atoms with Crippen LogP contribution in [0, 0.1) is 17.0 Å². The number of pyridine rings is 1. The zero-order valence-electron chi connectivity index (χ0n) is 11.6. The molecule has 0 unspecified atom stereocenters. The Morgan fingerprint density at radius 2 is 2.05 bits per heavy atom. The van der Waals surface area contributed by atoms with Crippen LogP contribution in [0.5, 0.6) is 0 Å². The van der Waals surface area contributed by atoms with Crippen molar-refractivity contribution in [2.24, 2.45) is 0 Å². The van der Waals surface area contributed by atoms with Gasteiger partial charge in [-0.05, 0) is 30.7 Å². The summed E-state index contributed by atoms with van der Waals surface area (Å²) in [6.45, 7) is 1.86. The molecule has 1 amide bonds. The van der Waals surface area contributed by atoms with E-state index >= 15 is 0 Å². The number of nitro benzene ring substituents is 1. The molecule has 0 aliphatic heterocycles. The van der Waals surface area contributed by atoms with Crippen LogP contribution in [0.3, 0.4) is 0 Å². The maximum atomic E-state index is 12.1. The molecule has 108 valence electrons. The zero-order valence-corrected chi connectivity index (χ0v) is 11.6. The van der Waals surface area contributed by atoms with Gasteiger partial charge in [-0.2, -0.15) is 0 Å². The number of hydrogen-bond acceptors (Lipinski definition) is 5. The summed E-state index contributed by atoms with van der Waals surface area (Å²) >= 11 is 0. The molecular weight excluding hydrogens is 272 g/mol. The van der Waals surface area contributed by atoms with Crippen molar-refractivity contribution in [3.63, 3.8) is 0 Å². The van der Waals surface area contributed by atoms with Gasteiger partial charge in [-0.25, -0.2) is 0 Å². The highest BCUT2D eigenvalue weighted by Crippen LogP contribution is 2.25. The lowest BCUT2D eigenvalue weighted by atomic mass is 10.1. The second-order valence-electron chi connectivity index (χ2n) is 4.44. The van der Waals surface area contributed by atoms with Gasteiger partial charge in [-0.3, -0.25) is 19.9 Å². The standard InChI is InChI=1S/C14H14N4O3/c1-9-5-11(8-16-7-9)17-14(19)10-3-4-12(15-2)13(6-10)18(20)21/h3-8,15H,1-2H3,(H,17,19). The molecule has 0 saturated carbocycles. The van der Waals surface area contributed by atoms with Crippen molar-refractivity contribution in [3.8, 4) is 0 Å². The lowest BCUT2D eigenvalue weighted by Crippen LogP contribution is -2.12. The summed E-state index contributed by atoms with van der Waals surface area (Å²) in [5.41, 5.74) is 1.87. The summed E-state index contributed by atoms with van der Waals surface area (Å²) in [7, 11) is 1.58. The van der Waals surface area contributed by atoms with E-state index in [2.05, 4.69) is 15.6 Å². The summed E-state index contributed by atoms with van der Waals surface area (Å²) in [6, 6.07) is 6.03. The van der Waals surface area contributed by atoms with Gasteiger partial charge in [0.1, 0.15) is 5.69 Å². The largest absolute Gasteiger partial charge is 0.383 e. The van der Waals surface area contributed by atoms with Gasteiger partial charge >= 0.3 is 0 Å². The Morgan fingerprint density at radius 3 is 2.67 bits per heavy atom. The summed E-state index contributed by atoms with van der Waals surface area (Å²) in [5, 5.41) is 16.4. The third-order valence-corrected chi connectivity index (χ3v) is 2.86. The molecule has 0 aliphatic rings. The Bertz CT molecular complexity index is 700. The molecule has 1 aromatic heterocycles. The molecule has 7 heteroatoms. The molecule has 0 atom stereocenters. The highest BCUT2D eigenvalue weighted by molar-refractivity contribution is 6.05. The van der Waals surface area contributed by atoms with Gasteiger partial charge < -0.3 is 10.6 Å². The van der Waals surface area contributed by atoms with Gasteiger partial charge in [-0.1, -0.05) is 0 Å². The lowest BCUT2D eigenvalue weighted by Gasteiger charge is -2.07. The number of nitro groups is 1. The van der Waals surface area contributed by atoms with E-state index in [0.717, 1.165) is 5.56 Å². The third-order valence-electron chi connectivity index (χ3n) is 2.86. The number of aromatic nitrogens is 1. The van der Waals surface area contributed by atoms with Crippen LogP contribution < -0.4 is 10.6 Å². The van der Waals surface area contributed by atoms with Gasteiger partial charge in [0.25, 0.3) is 11.6 Å². The minimum Gasteiger partial charge on any atom is -0.383 e. The van der Waals surface area contributed by atoms with Crippen LogP contribution >= 0.6 is 0 Å². The number of nitrogens with one attached hydrogen (secondary N) is 2. The first-order chi connectivity index (χ1) is 10.0. The van der Waals surface area contributed by atoms with Crippen molar-refractivity contribution in [3.05, 3.63) is 57.9 Å². The Hall–Kier alpha value is -2.96. The molecule has 0 bridgehead atoms. The number of hydrogen-bond donors (Lipinski definition) is 2. The van der Waals surface area contributed by atoms with Crippen molar-refractivity contribution in [1.82, 2.24) is 4.98 Å². The number of anilines is 2. The van der Waals surface area contributed by atoms with E-state index in [9.17, 15) is 14.9 Å². The van der Waals surface area contributed by atoms with E-state index in [1.54, 1.807) is 19.3 Å². The van der Waals surface area contributed by atoms with Crippen LogP contribution in [-0.4, -0.2) is 22.9 Å². The molecule has 0 fully saturated rings. The summed E-state index contributed by atoms with van der Waals surface area (Å²) in [6.07, 6.45) is 3.18. The molecule has 2 aromatic rings. The number of amides is 1. The SMILES string of the molecule is CNc1ccc(C(=O)Nc2cncc(C)c2)cc1[N+](=O)[O-]. The first-order valence-corrected chi connectivity index (χ1v) is 6.20. The maximum Gasteiger partial charge on any atom is 0.293 e. The van der Waals surface area contributed by atoms with E-state index in [0.29, 0.717) is 11.4 Å². The molecular formula is C14H14N4O3. The average molecular weight is 286 g/mol. The topological polar surface area (TPSA) is 97.2 Å². The second-order valence-corrected chi connectivity index (χ2v) is 4.44. The third kappa shape index (κ3) is 3.33. The molecule has 1 aromatic carbocycles. The van der Waals surface area contributed by atoms with Crippen LogP contribution in [0.25, 0.3) is 0 Å². The van der Waals surface area contributed by atoms with Gasteiger partial charge in [0.15, 0.2) is 0 Å². The molecule has 1 heterocycles. The van der Waals surface area contributed by atoms with Crippen LogP contribution in [0.2, 0.25) is 0 Å². The molecule has 2 rings (SSSR count). The highest BCUT2D eigenvalue weighted by Gasteiger charge is 2.16. The van der Waals surface area contributed by atoms with E-state index in [4.69, 9.17) is 0 Å². The van der Waals surface area contributed by atoms with Crippen molar-refractivity contribution in [1.29, 1.82) is 0 Å². The van der Waals surface area contributed by atoms with Gasteiger partial charge in [0.05, 0.1) is 16.8 Å². The van der Waals surface area contributed by atoms with Crippen LogP contribution in [-0.2, 0) is 0 Å². The Kier molecular flexibility index (Phi) is 4.13. The molecule has 0 aliphatic carbocycles. The Labute approximate surface area is 121 Å². The predicted octanol–water partition coefficient (Wildman–Crippen LogP) is 2.59. The normalized spacial score (nSPS) is 10.0. The Morgan fingerprint density at radius 1 is 1.29 bits per heavy atom. The number of aryl methyl sites for hydroxylation is 1. The zero-order chi connectivity index (χ0) is 15.4. The van der Waals surface area contributed by atoms with Gasteiger partial charge in [0, 0.05) is 24.9 Å². The fourth-order valence-electron chi connectivity index (χ4n) is 1.86. The summed E-state index contributed by atoms with van der Waals surface area (Å²) < 4.78 is 0. The summed E-state index contributed by atoms with van der Waals surface area (Å²) in [5.74, 6) is -0.423. The quantitative estimate of drug-likeness (QED) is 0.665. The molecule has 21 heavy (non-hydrogen) atoms. The first-order valence-electron chi connectivity index (χ1n) is 6.20. The van der Waals surface area contributed by atoms with E-state index in [1.807, 2.05) is 6.92 Å². The molecule has 0 spiro atoms. The number of carbonyl (C=O) groups is 1. The first kappa shape index (κ1) is 14.4. The number of benzene rings is 1. The maximum absolute atomic E-state index is 12.1. The van der Waals surface area contributed by atoms with Gasteiger partial charge in [0.2, 0.25) is 0 Å². The van der Waals surface area contributed by atoms with Crippen LogP contribution in [0.4, 0.5) is 17.1 Å². The van der Waals surface area contributed by atoms with Crippen LogP contribution in [0.15, 0.2) is 36.7 Å². The van der Waals surface area contributed by atoms with E-state index in [1.165, 1.54) is 24.4 Å². The minimum absolute atomic E-state index is 0.146. The fourth-order valence-corrected chi connectivity index (χ4v) is 1.86. The van der Waals surface area contributed by atoms with Crippen molar-refractivity contribution in [2.75, 3.05) is 17.7 Å². The highest BCUT2D eigenvalue weighted by atomic mass is 16.6. The number of rotatable bonds is 4. The van der Waals surface area contributed by atoms with Crippen molar-refractivity contribution < 1.29 is 9.72 Å². The van der Waals surface area contributed by atoms with Crippen molar-refractivity contribution in [2.45, 2.75) is 6.92 Å². The lowest BCUT2D eigenvalue weighted by molar-refractivity contribution is -0.384. The predicted molar refractivity (Wildman–Crippen MR) is 79.6 cm³/mol. The minimum atomic E-state index is -0.531. The number of carbonyl (C=O) groups excluding carboxylic acids is 1. The van der Waals surface area contributed by atoms with E-state index < -0.39 is 10.8 Å². The molecule has 7 nitrogen and oxygen atoms in total. The van der Waals surface area contributed by atoms with E-state index in [-0.39, 0.29) is 11.3 Å². The second kappa shape index (κ2) is 6.00. The van der Waals surface area contributed by atoms with Crippen LogP contribution in [0.1, 0.15) is 15.9 Å². The fraction of sp³-hybridized carbons (Fsp3) is 0.143. The average Bonchev–Trinajstić information content (AvgIpc) is 2.46.